The van der Waals surface area contributed by atoms with Crippen LogP contribution in [0.25, 0.3) is 83.3 Å². The topological polar surface area (TPSA) is 20.5 Å². The van der Waals surface area contributed by atoms with Crippen LogP contribution in [0.15, 0.2) is 261 Å². The average molecular weight is 878 g/mol. The number of hydrogen-bond donors (Lipinski definition) is 0. The van der Waals surface area contributed by atoms with Crippen molar-refractivity contribution in [2.45, 2.75) is 5.41 Å². The highest BCUT2D eigenvalue weighted by Gasteiger charge is 2.52. The molecule has 0 amide bonds. The van der Waals surface area contributed by atoms with E-state index in [-0.39, 0.29) is 0 Å². The van der Waals surface area contributed by atoms with Crippen molar-refractivity contribution in [2.75, 3.05) is 4.90 Å². The molecule has 0 atom stereocenters. The van der Waals surface area contributed by atoms with E-state index in [4.69, 9.17) is 5.10 Å². The van der Waals surface area contributed by atoms with Gasteiger partial charge in [-0.2, -0.15) is 5.10 Å². The Kier molecular flexibility index (Phi) is 8.80. The molecule has 3 heteroatoms. The summed E-state index contributed by atoms with van der Waals surface area (Å²) in [5, 5.41) is 7.82. The molecule has 10 aromatic carbocycles. The number of fused-ring (bicyclic) bond motifs is 13. The summed E-state index contributed by atoms with van der Waals surface area (Å²) in [6, 6.07) is 95.4. The second kappa shape index (κ2) is 15.5. The van der Waals surface area contributed by atoms with Gasteiger partial charge in [0.15, 0.2) is 0 Å². The zero-order valence-electron chi connectivity index (χ0n) is 37.7. The first kappa shape index (κ1) is 39.1. The number of anilines is 3. The summed E-state index contributed by atoms with van der Waals surface area (Å²) < 4.78 is 2.19. The van der Waals surface area contributed by atoms with Crippen LogP contribution in [0.5, 0.6) is 0 Å². The fourth-order valence-electron chi connectivity index (χ4n) is 11.8. The number of hydrogen-bond acceptors (Lipinski definition) is 2. The molecule has 0 fully saturated rings. The summed E-state index contributed by atoms with van der Waals surface area (Å²) in [6.07, 6.45) is 0. The van der Waals surface area contributed by atoms with Gasteiger partial charge >= 0.3 is 0 Å². The van der Waals surface area contributed by atoms with E-state index in [9.17, 15) is 0 Å². The van der Waals surface area contributed by atoms with Crippen LogP contribution < -0.4 is 4.90 Å². The highest BCUT2D eigenvalue weighted by atomic mass is 15.2. The van der Waals surface area contributed by atoms with Crippen molar-refractivity contribution in [2.24, 2.45) is 0 Å². The third-order valence-corrected chi connectivity index (χ3v) is 14.6. The van der Waals surface area contributed by atoms with E-state index in [1.165, 1.54) is 55.6 Å². The summed E-state index contributed by atoms with van der Waals surface area (Å²) >= 11 is 0. The Bertz CT molecular complexity index is 3890. The molecule has 12 aromatic rings. The summed E-state index contributed by atoms with van der Waals surface area (Å²) in [5.41, 5.74) is 23.0. The van der Waals surface area contributed by atoms with Gasteiger partial charge in [0.2, 0.25) is 0 Å². The van der Waals surface area contributed by atoms with Crippen molar-refractivity contribution in [3.63, 3.8) is 0 Å². The maximum atomic E-state index is 5.57. The fourth-order valence-corrected chi connectivity index (χ4v) is 11.8. The maximum Gasteiger partial charge on any atom is 0.101 e. The highest BCUT2D eigenvalue weighted by Crippen LogP contribution is 2.65. The van der Waals surface area contributed by atoms with Gasteiger partial charge < -0.3 is 4.90 Å². The van der Waals surface area contributed by atoms with Crippen LogP contribution in [0.1, 0.15) is 22.3 Å². The maximum absolute atomic E-state index is 5.57. The van der Waals surface area contributed by atoms with E-state index in [2.05, 4.69) is 270 Å². The SMILES string of the molecule is c1ccc(-c2ccc(N(c3cccc4c3-c3ccccc3C43c4ccccc4-c4ccccc43)c3cccc4c3cc(-c3ccccc3)n3nc(-c5ccccc5)c(-c5ccccc5)c43)cc2)cc1. The molecule has 2 aromatic heterocycles. The zero-order valence-corrected chi connectivity index (χ0v) is 37.7. The smallest absolute Gasteiger partial charge is 0.101 e. The van der Waals surface area contributed by atoms with Crippen LogP contribution in [-0.2, 0) is 5.41 Å². The van der Waals surface area contributed by atoms with Crippen LogP contribution >= 0.6 is 0 Å². The van der Waals surface area contributed by atoms with Gasteiger partial charge in [-0.1, -0.05) is 231 Å². The Morgan fingerprint density at radius 2 is 0.812 bits per heavy atom. The lowest BCUT2D eigenvalue weighted by Gasteiger charge is -2.32. The lowest BCUT2D eigenvalue weighted by atomic mass is 9.70. The molecule has 0 unspecified atom stereocenters. The Hall–Kier alpha value is -9.05. The standard InChI is InChI=1S/C66H43N3/c1-5-21-44(22-6-1)45-39-41-49(42-40-45)68(60-38-20-36-58-63(60)53-31-15-18-35-57(53)66(58)55-33-16-13-29-50(55)51-30-14-17-34-56(51)66)59-37-19-32-52-54(59)43-61(46-23-7-2-8-24-46)69-65(52)62(47-25-9-3-10-26-47)64(67-69)48-27-11-4-12-28-48/h1-43H. The van der Waals surface area contributed by atoms with E-state index >= 15 is 0 Å². The first-order valence-electron chi connectivity index (χ1n) is 23.8. The number of nitrogens with zero attached hydrogens (tertiary/aromatic N) is 3. The number of rotatable bonds is 7. The van der Waals surface area contributed by atoms with Crippen LogP contribution in [0.4, 0.5) is 17.1 Å². The molecule has 0 radical (unpaired) electrons. The molecule has 2 heterocycles. The van der Waals surface area contributed by atoms with Crippen LogP contribution in [-0.4, -0.2) is 9.61 Å². The fraction of sp³-hybridized carbons (Fsp3) is 0.0152. The molecule has 2 aliphatic carbocycles. The predicted octanol–water partition coefficient (Wildman–Crippen LogP) is 17.0. The molecule has 0 saturated carbocycles. The first-order valence-corrected chi connectivity index (χ1v) is 23.8. The van der Waals surface area contributed by atoms with E-state index in [0.717, 1.165) is 67.0 Å². The van der Waals surface area contributed by atoms with Crippen molar-refractivity contribution in [1.82, 2.24) is 9.61 Å². The summed E-state index contributed by atoms with van der Waals surface area (Å²) in [5.74, 6) is 0. The minimum atomic E-state index is -0.487. The third kappa shape index (κ3) is 5.78. The van der Waals surface area contributed by atoms with Crippen molar-refractivity contribution < 1.29 is 0 Å². The molecule has 0 N–H and O–H groups in total. The van der Waals surface area contributed by atoms with E-state index in [1.54, 1.807) is 0 Å². The summed E-state index contributed by atoms with van der Waals surface area (Å²) in [6.45, 7) is 0. The zero-order chi connectivity index (χ0) is 45.5. The molecule has 14 rings (SSSR count). The molecule has 3 nitrogen and oxygen atoms in total. The molecular weight excluding hydrogens is 835 g/mol. The molecule has 0 aliphatic heterocycles. The van der Waals surface area contributed by atoms with E-state index in [1.807, 2.05) is 0 Å². The Balaban J connectivity index is 1.10. The van der Waals surface area contributed by atoms with Crippen molar-refractivity contribution in [3.05, 3.63) is 283 Å². The van der Waals surface area contributed by atoms with Crippen LogP contribution in [0, 0.1) is 0 Å². The molecule has 69 heavy (non-hydrogen) atoms. The van der Waals surface area contributed by atoms with Crippen LogP contribution in [0.2, 0.25) is 0 Å². The summed E-state index contributed by atoms with van der Waals surface area (Å²) in [4.78, 5) is 2.53. The Labute approximate surface area is 401 Å². The average Bonchev–Trinajstić information content (AvgIpc) is 4.08. The van der Waals surface area contributed by atoms with Gasteiger partial charge in [-0.3, -0.25) is 0 Å². The summed E-state index contributed by atoms with van der Waals surface area (Å²) in [7, 11) is 0. The molecule has 1 spiro atoms. The lowest BCUT2D eigenvalue weighted by Crippen LogP contribution is -2.26. The second-order valence-corrected chi connectivity index (χ2v) is 18.2. The van der Waals surface area contributed by atoms with Gasteiger partial charge in [-0.15, -0.1) is 0 Å². The molecule has 2 aliphatic rings. The minimum Gasteiger partial charge on any atom is -0.309 e. The number of pyridine rings is 1. The molecule has 0 saturated heterocycles. The number of benzene rings is 10. The van der Waals surface area contributed by atoms with Gasteiger partial charge in [-0.05, 0) is 86.0 Å². The van der Waals surface area contributed by atoms with Gasteiger partial charge in [0.1, 0.15) is 5.69 Å². The molecule has 322 valence electrons. The molecule has 0 bridgehead atoms. The van der Waals surface area contributed by atoms with Gasteiger partial charge in [0.25, 0.3) is 0 Å². The quantitative estimate of drug-likeness (QED) is 0.159. The van der Waals surface area contributed by atoms with Crippen molar-refractivity contribution in [1.29, 1.82) is 0 Å². The van der Waals surface area contributed by atoms with Gasteiger partial charge in [0.05, 0.1) is 28.0 Å². The minimum absolute atomic E-state index is 0.487. The van der Waals surface area contributed by atoms with E-state index in [0.29, 0.717) is 0 Å². The Morgan fingerprint density at radius 3 is 1.45 bits per heavy atom. The van der Waals surface area contributed by atoms with Crippen LogP contribution in [0.3, 0.4) is 0 Å². The number of aromatic nitrogens is 2. The van der Waals surface area contributed by atoms with Crippen molar-refractivity contribution >= 4 is 33.4 Å². The van der Waals surface area contributed by atoms with Gasteiger partial charge in [0, 0.05) is 38.7 Å². The van der Waals surface area contributed by atoms with E-state index < -0.39 is 5.41 Å². The molecular formula is C66H43N3. The first-order chi connectivity index (χ1) is 34.3. The van der Waals surface area contributed by atoms with Gasteiger partial charge in [-0.25, -0.2) is 4.52 Å². The monoisotopic (exact) mass is 877 g/mol. The predicted molar refractivity (Wildman–Crippen MR) is 285 cm³/mol. The Morgan fingerprint density at radius 1 is 0.333 bits per heavy atom. The second-order valence-electron chi connectivity index (χ2n) is 18.2. The largest absolute Gasteiger partial charge is 0.309 e. The lowest BCUT2D eigenvalue weighted by molar-refractivity contribution is 0.794. The highest BCUT2D eigenvalue weighted by molar-refractivity contribution is 6.14. The third-order valence-electron chi connectivity index (χ3n) is 14.6. The van der Waals surface area contributed by atoms with Crippen molar-refractivity contribution in [3.8, 4) is 67.0 Å². The normalized spacial score (nSPS) is 12.8.